The second-order valence-electron chi connectivity index (χ2n) is 5.58. The minimum absolute atomic E-state index is 0.256. The van der Waals surface area contributed by atoms with Crippen LogP contribution in [0, 0.1) is 13.8 Å². The average molecular weight is 289 g/mol. The first-order valence-electron chi connectivity index (χ1n) is 7.21. The highest BCUT2D eigenvalue weighted by molar-refractivity contribution is 5.43. The molecule has 1 aromatic heterocycles. The summed E-state index contributed by atoms with van der Waals surface area (Å²) >= 11 is 0. The van der Waals surface area contributed by atoms with Gasteiger partial charge in [-0.25, -0.2) is 0 Å². The number of nitrogens with one attached hydrogen (secondary N) is 1. The van der Waals surface area contributed by atoms with Crippen LogP contribution in [0.3, 0.4) is 0 Å². The molecule has 5 nitrogen and oxygen atoms in total. The Morgan fingerprint density at radius 1 is 1.24 bits per heavy atom. The maximum Gasteiger partial charge on any atom is 0.264 e. The van der Waals surface area contributed by atoms with Crippen LogP contribution >= 0.6 is 0 Å². The van der Waals surface area contributed by atoms with Crippen molar-refractivity contribution in [3.05, 3.63) is 40.5 Å². The summed E-state index contributed by atoms with van der Waals surface area (Å²) in [7, 11) is 1.94. The van der Waals surface area contributed by atoms with E-state index in [2.05, 4.69) is 41.4 Å². The van der Waals surface area contributed by atoms with Gasteiger partial charge >= 0.3 is 0 Å². The lowest BCUT2D eigenvalue weighted by molar-refractivity contribution is 0.240. The molecular formula is C16H23N3O2. The number of ether oxygens (including phenoxy) is 1. The first-order chi connectivity index (χ1) is 10.0. The van der Waals surface area contributed by atoms with Gasteiger partial charge in [-0.1, -0.05) is 31.1 Å². The third-order valence-corrected chi connectivity index (χ3v) is 3.24. The van der Waals surface area contributed by atoms with Crippen molar-refractivity contribution in [2.45, 2.75) is 46.8 Å². The topological polar surface area (TPSA) is 60.2 Å². The molecule has 0 aliphatic carbocycles. The SMILES string of the molecule is CNCc1cc(C)c(OCc2nc(C(C)C)no2)c(C)c1. The zero-order valence-electron chi connectivity index (χ0n) is 13.4. The number of aromatic nitrogens is 2. The molecule has 0 radical (unpaired) electrons. The standard InChI is InChI=1S/C16H23N3O2/c1-10(2)16-18-14(21-19-16)9-20-15-11(3)6-13(8-17-5)7-12(15)4/h6-7,10,17H,8-9H2,1-5H3. The summed E-state index contributed by atoms with van der Waals surface area (Å²) in [5.74, 6) is 2.37. The van der Waals surface area contributed by atoms with Crippen LogP contribution in [0.2, 0.25) is 0 Å². The van der Waals surface area contributed by atoms with Gasteiger partial charge in [0, 0.05) is 12.5 Å². The Labute approximate surface area is 125 Å². The Morgan fingerprint density at radius 3 is 2.43 bits per heavy atom. The molecule has 114 valence electrons. The lowest BCUT2D eigenvalue weighted by Crippen LogP contribution is -2.06. The van der Waals surface area contributed by atoms with Gasteiger partial charge in [-0.2, -0.15) is 4.98 Å². The molecule has 0 spiro atoms. The van der Waals surface area contributed by atoms with Crippen LogP contribution in [0.5, 0.6) is 5.75 Å². The van der Waals surface area contributed by atoms with Gasteiger partial charge in [-0.05, 0) is 37.6 Å². The number of hydrogen-bond donors (Lipinski definition) is 1. The lowest BCUT2D eigenvalue weighted by atomic mass is 10.1. The summed E-state index contributed by atoms with van der Waals surface area (Å²) < 4.78 is 11.1. The zero-order chi connectivity index (χ0) is 15.4. The lowest BCUT2D eigenvalue weighted by Gasteiger charge is -2.12. The van der Waals surface area contributed by atoms with Gasteiger partial charge in [0.2, 0.25) is 0 Å². The van der Waals surface area contributed by atoms with E-state index in [-0.39, 0.29) is 5.92 Å². The van der Waals surface area contributed by atoms with Gasteiger partial charge in [0.25, 0.3) is 5.89 Å². The van der Waals surface area contributed by atoms with Crippen LogP contribution < -0.4 is 10.1 Å². The second kappa shape index (κ2) is 6.72. The quantitative estimate of drug-likeness (QED) is 0.885. The van der Waals surface area contributed by atoms with Crippen molar-refractivity contribution in [3.63, 3.8) is 0 Å². The van der Waals surface area contributed by atoms with E-state index in [0.717, 1.165) is 23.4 Å². The predicted octanol–water partition coefficient (Wildman–Crippen LogP) is 3.11. The van der Waals surface area contributed by atoms with Gasteiger partial charge in [-0.15, -0.1) is 0 Å². The summed E-state index contributed by atoms with van der Waals surface area (Å²) in [4.78, 5) is 4.32. The summed E-state index contributed by atoms with van der Waals surface area (Å²) in [6.45, 7) is 9.31. The van der Waals surface area contributed by atoms with Crippen LogP contribution in [0.1, 0.15) is 48.2 Å². The third kappa shape index (κ3) is 3.82. The Kier molecular flexibility index (Phi) is 4.96. The van der Waals surface area contributed by atoms with E-state index in [9.17, 15) is 0 Å². The van der Waals surface area contributed by atoms with E-state index in [0.29, 0.717) is 18.3 Å². The van der Waals surface area contributed by atoms with Crippen molar-refractivity contribution in [2.24, 2.45) is 0 Å². The molecule has 0 aliphatic heterocycles. The highest BCUT2D eigenvalue weighted by Crippen LogP contribution is 2.25. The number of rotatable bonds is 6. The van der Waals surface area contributed by atoms with Gasteiger partial charge in [0.15, 0.2) is 12.4 Å². The highest BCUT2D eigenvalue weighted by Gasteiger charge is 2.12. The first kappa shape index (κ1) is 15.5. The van der Waals surface area contributed by atoms with Crippen LogP contribution in [0.15, 0.2) is 16.7 Å². The average Bonchev–Trinajstić information content (AvgIpc) is 2.87. The molecule has 0 aliphatic rings. The van der Waals surface area contributed by atoms with Crippen molar-refractivity contribution in [2.75, 3.05) is 7.05 Å². The van der Waals surface area contributed by atoms with Crippen molar-refractivity contribution in [1.29, 1.82) is 0 Å². The zero-order valence-corrected chi connectivity index (χ0v) is 13.4. The Morgan fingerprint density at radius 2 is 1.90 bits per heavy atom. The van der Waals surface area contributed by atoms with Crippen molar-refractivity contribution in [1.82, 2.24) is 15.5 Å². The van der Waals surface area contributed by atoms with E-state index in [1.807, 2.05) is 20.9 Å². The largest absolute Gasteiger partial charge is 0.483 e. The number of aryl methyl sites for hydroxylation is 2. The minimum Gasteiger partial charge on any atom is -0.483 e. The fourth-order valence-corrected chi connectivity index (χ4v) is 2.27. The molecule has 1 N–H and O–H groups in total. The molecule has 21 heavy (non-hydrogen) atoms. The molecule has 0 unspecified atom stereocenters. The maximum atomic E-state index is 5.86. The highest BCUT2D eigenvalue weighted by atomic mass is 16.5. The van der Waals surface area contributed by atoms with Crippen molar-refractivity contribution in [3.8, 4) is 5.75 Å². The molecule has 0 fully saturated rings. The number of nitrogens with zero attached hydrogens (tertiary/aromatic N) is 2. The fourth-order valence-electron chi connectivity index (χ4n) is 2.27. The fraction of sp³-hybridized carbons (Fsp3) is 0.500. The molecule has 0 saturated carbocycles. The summed E-state index contributed by atoms with van der Waals surface area (Å²) in [5.41, 5.74) is 3.48. The maximum absolute atomic E-state index is 5.86. The molecule has 0 atom stereocenters. The van der Waals surface area contributed by atoms with Crippen LogP contribution in [0.25, 0.3) is 0 Å². The molecule has 5 heteroatoms. The van der Waals surface area contributed by atoms with Crippen LogP contribution in [-0.4, -0.2) is 17.2 Å². The third-order valence-electron chi connectivity index (χ3n) is 3.24. The predicted molar refractivity (Wildman–Crippen MR) is 81.4 cm³/mol. The van der Waals surface area contributed by atoms with Gasteiger partial charge in [0.05, 0.1) is 0 Å². The first-order valence-corrected chi connectivity index (χ1v) is 7.21. The van der Waals surface area contributed by atoms with Crippen LogP contribution in [0.4, 0.5) is 0 Å². The Balaban J connectivity index is 2.08. The van der Waals surface area contributed by atoms with E-state index in [1.165, 1.54) is 5.56 Å². The van der Waals surface area contributed by atoms with Crippen LogP contribution in [-0.2, 0) is 13.2 Å². The van der Waals surface area contributed by atoms with E-state index < -0.39 is 0 Å². The summed E-state index contributed by atoms with van der Waals surface area (Å²) in [6.07, 6.45) is 0. The molecule has 2 aromatic rings. The van der Waals surface area contributed by atoms with Gasteiger partial charge < -0.3 is 14.6 Å². The normalized spacial score (nSPS) is 11.1. The number of benzene rings is 1. The molecule has 0 bridgehead atoms. The van der Waals surface area contributed by atoms with E-state index >= 15 is 0 Å². The van der Waals surface area contributed by atoms with Gasteiger partial charge in [-0.3, -0.25) is 0 Å². The molecule has 2 rings (SSSR count). The van der Waals surface area contributed by atoms with E-state index in [1.54, 1.807) is 0 Å². The van der Waals surface area contributed by atoms with Gasteiger partial charge in [0.1, 0.15) is 5.75 Å². The minimum atomic E-state index is 0.256. The molecular weight excluding hydrogens is 266 g/mol. The van der Waals surface area contributed by atoms with Crippen molar-refractivity contribution < 1.29 is 9.26 Å². The summed E-state index contributed by atoms with van der Waals surface area (Å²) in [6, 6.07) is 4.26. The molecule has 0 saturated heterocycles. The second-order valence-corrected chi connectivity index (χ2v) is 5.58. The monoisotopic (exact) mass is 289 g/mol. The summed E-state index contributed by atoms with van der Waals surface area (Å²) in [5, 5.41) is 7.09. The number of hydrogen-bond acceptors (Lipinski definition) is 5. The Hall–Kier alpha value is -1.88. The molecule has 0 amide bonds. The molecule has 1 heterocycles. The Bertz CT molecular complexity index is 582. The van der Waals surface area contributed by atoms with Crippen molar-refractivity contribution >= 4 is 0 Å². The smallest absolute Gasteiger partial charge is 0.264 e. The molecule has 1 aromatic carbocycles. The van der Waals surface area contributed by atoms with E-state index in [4.69, 9.17) is 9.26 Å².